The maximum atomic E-state index is 5.80. The van der Waals surface area contributed by atoms with Crippen LogP contribution in [-0.4, -0.2) is 28.2 Å². The maximum absolute atomic E-state index is 5.80. The molecule has 108 valence electrons. The average molecular weight is 273 g/mol. The molecule has 0 radical (unpaired) electrons. The van der Waals surface area contributed by atoms with Gasteiger partial charge in [0.1, 0.15) is 12.4 Å². The first-order chi connectivity index (χ1) is 9.66. The van der Waals surface area contributed by atoms with Crippen LogP contribution in [0, 0.1) is 0 Å². The summed E-state index contributed by atoms with van der Waals surface area (Å²) >= 11 is 0. The average Bonchev–Trinajstić information content (AvgIpc) is 2.96. The predicted octanol–water partition coefficient (Wildman–Crippen LogP) is 2.72. The van der Waals surface area contributed by atoms with Crippen LogP contribution in [0.1, 0.15) is 20.3 Å². The van der Waals surface area contributed by atoms with E-state index in [4.69, 9.17) is 4.74 Å². The molecule has 4 nitrogen and oxygen atoms in total. The summed E-state index contributed by atoms with van der Waals surface area (Å²) in [5, 5.41) is 3.53. The summed E-state index contributed by atoms with van der Waals surface area (Å²) in [6, 6.07) is 9.93. The third kappa shape index (κ3) is 5.05. The van der Waals surface area contributed by atoms with Crippen molar-refractivity contribution in [1.29, 1.82) is 0 Å². The quantitative estimate of drug-likeness (QED) is 0.752. The van der Waals surface area contributed by atoms with Gasteiger partial charge in [0.25, 0.3) is 0 Å². The number of benzene rings is 1. The molecular weight excluding hydrogens is 250 g/mol. The molecule has 0 amide bonds. The molecule has 0 fully saturated rings. The summed E-state index contributed by atoms with van der Waals surface area (Å²) in [7, 11) is 0. The fraction of sp³-hybridized carbons (Fsp3) is 0.438. The lowest BCUT2D eigenvalue weighted by molar-refractivity contribution is 0.207. The Morgan fingerprint density at radius 3 is 2.75 bits per heavy atom. The van der Waals surface area contributed by atoms with Gasteiger partial charge in [0.2, 0.25) is 0 Å². The van der Waals surface area contributed by atoms with Crippen molar-refractivity contribution in [3.63, 3.8) is 0 Å². The van der Waals surface area contributed by atoms with Gasteiger partial charge in [-0.15, -0.1) is 0 Å². The molecule has 20 heavy (non-hydrogen) atoms. The third-order valence-electron chi connectivity index (χ3n) is 3.10. The molecule has 1 aromatic carbocycles. The summed E-state index contributed by atoms with van der Waals surface area (Å²) in [4.78, 5) is 4.04. The number of nitrogens with zero attached hydrogens (tertiary/aromatic N) is 2. The topological polar surface area (TPSA) is 39.1 Å². The molecule has 0 saturated carbocycles. The van der Waals surface area contributed by atoms with Crippen LogP contribution in [0.5, 0.6) is 5.75 Å². The van der Waals surface area contributed by atoms with Gasteiger partial charge in [-0.3, -0.25) is 0 Å². The van der Waals surface area contributed by atoms with Crippen molar-refractivity contribution in [1.82, 2.24) is 14.9 Å². The number of aromatic nitrogens is 2. The number of hydrogen-bond donors (Lipinski definition) is 1. The fourth-order valence-corrected chi connectivity index (χ4v) is 1.94. The van der Waals surface area contributed by atoms with Crippen molar-refractivity contribution in [2.45, 2.75) is 32.4 Å². The van der Waals surface area contributed by atoms with Gasteiger partial charge in [-0.05, 0) is 38.9 Å². The van der Waals surface area contributed by atoms with Gasteiger partial charge in [0.15, 0.2) is 0 Å². The SMILES string of the molecule is CC(C)(COc1ccccc1)NCCCn1ccnc1. The summed E-state index contributed by atoms with van der Waals surface area (Å²) in [5.41, 5.74) is -0.0369. The Morgan fingerprint density at radius 2 is 2.05 bits per heavy atom. The zero-order valence-corrected chi connectivity index (χ0v) is 12.2. The molecule has 0 spiro atoms. The lowest BCUT2D eigenvalue weighted by atomic mass is 10.1. The minimum atomic E-state index is -0.0369. The van der Waals surface area contributed by atoms with Gasteiger partial charge >= 0.3 is 0 Å². The van der Waals surface area contributed by atoms with E-state index < -0.39 is 0 Å². The molecule has 0 atom stereocenters. The standard InChI is InChI=1S/C16H23N3O/c1-16(2,13-20-15-7-4-3-5-8-15)18-9-6-11-19-12-10-17-14-19/h3-5,7-8,10,12,14,18H,6,9,11,13H2,1-2H3. The second-order valence-corrected chi connectivity index (χ2v) is 5.57. The highest BCUT2D eigenvalue weighted by Gasteiger charge is 2.17. The van der Waals surface area contributed by atoms with Gasteiger partial charge in [0, 0.05) is 24.5 Å². The number of imidazole rings is 1. The minimum absolute atomic E-state index is 0.0369. The molecule has 1 aromatic heterocycles. The van der Waals surface area contributed by atoms with E-state index >= 15 is 0 Å². The Kier molecular flexibility index (Phi) is 5.18. The molecular formula is C16H23N3O. The maximum Gasteiger partial charge on any atom is 0.119 e. The van der Waals surface area contributed by atoms with Gasteiger partial charge in [0.05, 0.1) is 6.33 Å². The minimum Gasteiger partial charge on any atom is -0.492 e. The summed E-state index contributed by atoms with van der Waals surface area (Å²) < 4.78 is 7.89. The monoisotopic (exact) mass is 273 g/mol. The van der Waals surface area contributed by atoms with E-state index in [1.165, 1.54) is 0 Å². The van der Waals surface area contributed by atoms with Crippen LogP contribution in [0.25, 0.3) is 0 Å². The van der Waals surface area contributed by atoms with Gasteiger partial charge in [-0.1, -0.05) is 18.2 Å². The summed E-state index contributed by atoms with van der Waals surface area (Å²) in [6.45, 7) is 6.92. The van der Waals surface area contributed by atoms with Crippen LogP contribution in [-0.2, 0) is 6.54 Å². The Labute approximate surface area is 120 Å². The Morgan fingerprint density at radius 1 is 1.25 bits per heavy atom. The fourth-order valence-electron chi connectivity index (χ4n) is 1.94. The zero-order valence-electron chi connectivity index (χ0n) is 12.2. The van der Waals surface area contributed by atoms with Crippen molar-refractivity contribution in [3.05, 3.63) is 49.1 Å². The smallest absolute Gasteiger partial charge is 0.119 e. The number of rotatable bonds is 8. The van der Waals surface area contributed by atoms with Crippen LogP contribution >= 0.6 is 0 Å². The van der Waals surface area contributed by atoms with Gasteiger partial charge < -0.3 is 14.6 Å². The van der Waals surface area contributed by atoms with Crippen LogP contribution < -0.4 is 10.1 Å². The molecule has 2 aromatic rings. The molecule has 0 bridgehead atoms. The zero-order chi connectivity index (χ0) is 14.3. The molecule has 1 N–H and O–H groups in total. The first kappa shape index (κ1) is 14.6. The van der Waals surface area contributed by atoms with E-state index in [1.54, 1.807) is 0 Å². The van der Waals surface area contributed by atoms with Crippen molar-refractivity contribution < 1.29 is 4.74 Å². The number of aryl methyl sites for hydroxylation is 1. The Bertz CT molecular complexity index is 480. The molecule has 0 aliphatic rings. The van der Waals surface area contributed by atoms with Crippen LogP contribution in [0.4, 0.5) is 0 Å². The predicted molar refractivity (Wildman–Crippen MR) is 80.9 cm³/mol. The Hall–Kier alpha value is -1.81. The van der Waals surface area contributed by atoms with E-state index in [1.807, 2.05) is 49.1 Å². The number of nitrogens with one attached hydrogen (secondary N) is 1. The lowest BCUT2D eigenvalue weighted by Gasteiger charge is -2.26. The van der Waals surface area contributed by atoms with E-state index in [9.17, 15) is 0 Å². The highest BCUT2D eigenvalue weighted by atomic mass is 16.5. The second kappa shape index (κ2) is 7.10. The van der Waals surface area contributed by atoms with Crippen LogP contribution in [0.3, 0.4) is 0 Å². The largest absolute Gasteiger partial charge is 0.492 e. The van der Waals surface area contributed by atoms with Crippen molar-refractivity contribution in [3.8, 4) is 5.75 Å². The Balaban J connectivity index is 1.65. The first-order valence-corrected chi connectivity index (χ1v) is 7.04. The van der Waals surface area contributed by atoms with Gasteiger partial charge in [-0.2, -0.15) is 0 Å². The highest BCUT2D eigenvalue weighted by molar-refractivity contribution is 5.21. The van der Waals surface area contributed by atoms with E-state index in [-0.39, 0.29) is 5.54 Å². The van der Waals surface area contributed by atoms with Crippen molar-refractivity contribution in [2.24, 2.45) is 0 Å². The van der Waals surface area contributed by atoms with E-state index in [0.717, 1.165) is 25.3 Å². The van der Waals surface area contributed by atoms with Crippen molar-refractivity contribution >= 4 is 0 Å². The van der Waals surface area contributed by atoms with Crippen molar-refractivity contribution in [2.75, 3.05) is 13.2 Å². The molecule has 0 aliphatic carbocycles. The number of hydrogen-bond acceptors (Lipinski definition) is 3. The van der Waals surface area contributed by atoms with Gasteiger partial charge in [-0.25, -0.2) is 4.98 Å². The molecule has 0 unspecified atom stereocenters. The molecule has 1 heterocycles. The first-order valence-electron chi connectivity index (χ1n) is 7.04. The van der Waals surface area contributed by atoms with E-state index in [0.29, 0.717) is 6.61 Å². The normalized spacial score (nSPS) is 11.5. The highest BCUT2D eigenvalue weighted by Crippen LogP contribution is 2.11. The van der Waals surface area contributed by atoms with Crippen LogP contribution in [0.2, 0.25) is 0 Å². The summed E-state index contributed by atoms with van der Waals surface area (Å²) in [5.74, 6) is 0.917. The second-order valence-electron chi connectivity index (χ2n) is 5.57. The third-order valence-corrected chi connectivity index (χ3v) is 3.10. The molecule has 4 heteroatoms. The summed E-state index contributed by atoms with van der Waals surface area (Å²) in [6.07, 6.45) is 6.73. The van der Waals surface area contributed by atoms with E-state index in [2.05, 4.69) is 28.7 Å². The lowest BCUT2D eigenvalue weighted by Crippen LogP contribution is -2.45. The molecule has 2 rings (SSSR count). The molecule has 0 saturated heterocycles. The number of para-hydroxylation sites is 1. The van der Waals surface area contributed by atoms with Crippen LogP contribution in [0.15, 0.2) is 49.1 Å². The number of ether oxygens (including phenoxy) is 1. The molecule has 0 aliphatic heterocycles.